The first kappa shape index (κ1) is 14.4. The number of benzene rings is 2. The van der Waals surface area contributed by atoms with E-state index in [1.54, 1.807) is 11.1 Å². The minimum atomic E-state index is -1.29. The summed E-state index contributed by atoms with van der Waals surface area (Å²) in [4.78, 5) is 0. The molecule has 2 atom stereocenters. The molecular weight excluding hydrogens is 316 g/mol. The molecule has 2 aromatic carbocycles. The predicted molar refractivity (Wildman–Crippen MR) is 96.1 cm³/mol. The SMILES string of the molecule is C[Si](C)=[Ti]([CH]1C=Cc2ccccc21)[CH]1C=Cc2ccccc21.[H-].[H-]. The van der Waals surface area contributed by atoms with Crippen molar-refractivity contribution < 1.29 is 19.5 Å². The van der Waals surface area contributed by atoms with Crippen molar-refractivity contribution in [3.05, 3.63) is 82.9 Å². The van der Waals surface area contributed by atoms with Crippen molar-refractivity contribution in [1.82, 2.24) is 0 Å². The number of hydrogen-bond acceptors (Lipinski definition) is 0. The van der Waals surface area contributed by atoms with Crippen LogP contribution in [0.25, 0.3) is 12.2 Å². The first-order chi connectivity index (χ1) is 10.8. The Labute approximate surface area is 142 Å². The molecular formula is C20H22SiTi-2. The molecule has 22 heavy (non-hydrogen) atoms. The Morgan fingerprint density at radius 3 is 1.68 bits per heavy atom. The van der Waals surface area contributed by atoms with Crippen LogP contribution in [0.2, 0.25) is 13.1 Å². The molecule has 0 amide bonds. The maximum Gasteiger partial charge on any atom is -1.00 e. The molecule has 0 nitrogen and oxygen atoms in total. The summed E-state index contributed by atoms with van der Waals surface area (Å²) in [7, 11) is 0. The molecule has 2 heteroatoms. The number of hydrogen-bond donors (Lipinski definition) is 0. The second-order valence-electron chi connectivity index (χ2n) is 6.39. The third kappa shape index (κ3) is 2.32. The molecule has 2 aliphatic carbocycles. The van der Waals surface area contributed by atoms with E-state index in [0.717, 1.165) is 8.45 Å². The van der Waals surface area contributed by atoms with Crippen LogP contribution in [0.1, 0.15) is 33.6 Å². The fourth-order valence-electron chi connectivity index (χ4n) is 3.86. The van der Waals surface area contributed by atoms with Crippen LogP contribution in [-0.4, -0.2) is 6.19 Å². The smallest absolute Gasteiger partial charge is 1.00 e. The van der Waals surface area contributed by atoms with Gasteiger partial charge in [0, 0.05) is 0 Å². The second kappa shape index (κ2) is 5.81. The number of allylic oxidation sites excluding steroid dienone is 2. The zero-order valence-corrected chi connectivity index (χ0v) is 15.6. The van der Waals surface area contributed by atoms with E-state index < -0.39 is 16.6 Å². The molecule has 2 unspecified atom stereocenters. The van der Waals surface area contributed by atoms with Gasteiger partial charge in [-0.25, -0.2) is 0 Å². The molecule has 112 valence electrons. The van der Waals surface area contributed by atoms with E-state index in [9.17, 15) is 0 Å². The molecule has 0 heterocycles. The Hall–Kier alpha value is -1.15. The van der Waals surface area contributed by atoms with Gasteiger partial charge in [0.1, 0.15) is 0 Å². The van der Waals surface area contributed by atoms with Gasteiger partial charge < -0.3 is 2.85 Å². The summed E-state index contributed by atoms with van der Waals surface area (Å²) < 4.78 is 1.47. The van der Waals surface area contributed by atoms with E-state index in [-0.39, 0.29) is 9.04 Å². The molecule has 0 aromatic heterocycles. The molecule has 2 aromatic rings. The summed E-state index contributed by atoms with van der Waals surface area (Å²) >= 11 is -1.29. The van der Waals surface area contributed by atoms with Crippen LogP contribution in [0.3, 0.4) is 0 Å². The summed E-state index contributed by atoms with van der Waals surface area (Å²) in [6, 6.07) is 18.0. The van der Waals surface area contributed by atoms with Gasteiger partial charge in [-0.3, -0.25) is 0 Å². The van der Waals surface area contributed by atoms with Crippen LogP contribution >= 0.6 is 0 Å². The van der Waals surface area contributed by atoms with Crippen molar-refractivity contribution in [2.75, 3.05) is 0 Å². The average molecular weight is 338 g/mol. The van der Waals surface area contributed by atoms with E-state index >= 15 is 0 Å². The Morgan fingerprint density at radius 1 is 0.773 bits per heavy atom. The van der Waals surface area contributed by atoms with Crippen LogP contribution in [0.5, 0.6) is 0 Å². The van der Waals surface area contributed by atoms with Crippen molar-refractivity contribution in [2.24, 2.45) is 0 Å². The quantitative estimate of drug-likeness (QED) is 0.624. The third-order valence-electron chi connectivity index (χ3n) is 4.85. The third-order valence-corrected chi connectivity index (χ3v) is 17.6. The number of fused-ring (bicyclic) bond motifs is 2. The fraction of sp³-hybridized carbons (Fsp3) is 0.200. The Morgan fingerprint density at radius 2 is 1.23 bits per heavy atom. The van der Waals surface area contributed by atoms with E-state index in [1.807, 2.05) is 0 Å². The summed E-state index contributed by atoms with van der Waals surface area (Å²) in [6.07, 6.45) is 9.51. The van der Waals surface area contributed by atoms with E-state index in [4.69, 9.17) is 0 Å². The van der Waals surface area contributed by atoms with Crippen molar-refractivity contribution >= 4 is 18.3 Å². The minimum Gasteiger partial charge on any atom is -1.00 e. The maximum absolute atomic E-state index is 2.55. The van der Waals surface area contributed by atoms with Crippen LogP contribution in [0.4, 0.5) is 0 Å². The molecule has 0 fully saturated rings. The Balaban J connectivity index is 0.00000104. The van der Waals surface area contributed by atoms with Gasteiger partial charge >= 0.3 is 139 Å². The van der Waals surface area contributed by atoms with Crippen molar-refractivity contribution in [3.8, 4) is 0 Å². The fourth-order valence-corrected chi connectivity index (χ4v) is 16.4. The summed E-state index contributed by atoms with van der Waals surface area (Å²) in [5.74, 6) is 0. The first-order valence-corrected chi connectivity index (χ1v) is 14.6. The largest absolute Gasteiger partial charge is 1.00 e. The Kier molecular flexibility index (Phi) is 3.81. The monoisotopic (exact) mass is 338 g/mol. The normalized spacial score (nSPS) is 20.8. The molecule has 0 bridgehead atoms. The molecule has 0 N–H and O–H groups in total. The van der Waals surface area contributed by atoms with E-state index in [1.165, 1.54) is 11.1 Å². The number of rotatable bonds is 2. The van der Waals surface area contributed by atoms with E-state index in [2.05, 4.69) is 85.9 Å². The molecule has 2 aliphatic rings. The summed E-state index contributed by atoms with van der Waals surface area (Å²) in [6.45, 7) is 5.09. The maximum atomic E-state index is 2.55. The van der Waals surface area contributed by atoms with Crippen molar-refractivity contribution in [1.29, 1.82) is 0 Å². The van der Waals surface area contributed by atoms with E-state index in [0.29, 0.717) is 0 Å². The summed E-state index contributed by atoms with van der Waals surface area (Å²) in [5.41, 5.74) is 6.11. The minimum absolute atomic E-state index is 0. The molecule has 0 saturated heterocycles. The topological polar surface area (TPSA) is 0 Å². The van der Waals surface area contributed by atoms with Crippen LogP contribution in [0.15, 0.2) is 60.7 Å². The molecule has 0 radical (unpaired) electrons. The van der Waals surface area contributed by atoms with Crippen LogP contribution in [-0.2, 0) is 16.6 Å². The zero-order valence-electron chi connectivity index (χ0n) is 15.1. The van der Waals surface area contributed by atoms with Gasteiger partial charge in [0.25, 0.3) is 0 Å². The summed E-state index contributed by atoms with van der Waals surface area (Å²) in [5, 5.41) is 0. The van der Waals surface area contributed by atoms with Crippen LogP contribution in [0, 0.1) is 0 Å². The van der Waals surface area contributed by atoms with Gasteiger partial charge in [-0.15, -0.1) is 0 Å². The second-order valence-corrected chi connectivity index (χ2v) is 18.8. The Bertz CT molecular complexity index is 772. The predicted octanol–water partition coefficient (Wildman–Crippen LogP) is 5.62. The van der Waals surface area contributed by atoms with Gasteiger partial charge in [-0.1, -0.05) is 0 Å². The van der Waals surface area contributed by atoms with Gasteiger partial charge in [0.15, 0.2) is 0 Å². The van der Waals surface area contributed by atoms with Crippen molar-refractivity contribution in [3.63, 3.8) is 0 Å². The zero-order chi connectivity index (χ0) is 15.1. The van der Waals surface area contributed by atoms with Crippen molar-refractivity contribution in [2.45, 2.75) is 21.5 Å². The molecule has 0 spiro atoms. The molecule has 0 saturated carbocycles. The van der Waals surface area contributed by atoms with Crippen LogP contribution < -0.4 is 0 Å². The van der Waals surface area contributed by atoms with Gasteiger partial charge in [0.2, 0.25) is 0 Å². The average Bonchev–Trinajstić information content (AvgIpc) is 3.13. The molecule has 0 aliphatic heterocycles. The molecule has 4 rings (SSSR count). The van der Waals surface area contributed by atoms with Gasteiger partial charge in [-0.05, 0) is 0 Å². The van der Waals surface area contributed by atoms with Gasteiger partial charge in [-0.2, -0.15) is 0 Å². The first-order valence-electron chi connectivity index (χ1n) is 7.97. The standard InChI is InChI=1S/2C9H7.C2H6Si.Ti.2H/c2*1-2-5-9-7-3-6-8(9)4-1;1-3-2;;;/h2*1-7H;1-2H3;;;/q;;;;2*-1. The van der Waals surface area contributed by atoms with Gasteiger partial charge in [0.05, 0.1) is 0 Å².